The maximum atomic E-state index is 5.57. The summed E-state index contributed by atoms with van der Waals surface area (Å²) in [6.07, 6.45) is 8.36. The third-order valence-electron chi connectivity index (χ3n) is 5.12. The lowest BCUT2D eigenvalue weighted by molar-refractivity contribution is -0.924. The predicted molar refractivity (Wildman–Crippen MR) is 88.0 cm³/mol. The monoisotopic (exact) mass is 548 g/mol. The summed E-state index contributed by atoms with van der Waals surface area (Å²) in [6, 6.07) is 4.94. The van der Waals surface area contributed by atoms with Gasteiger partial charge in [0, 0.05) is 18.8 Å². The molecular formula is C18H34I2N2O. The van der Waals surface area contributed by atoms with Gasteiger partial charge in [-0.25, -0.2) is 0 Å². The molecule has 1 aromatic heterocycles. The van der Waals surface area contributed by atoms with Crippen molar-refractivity contribution >= 4 is 0 Å². The van der Waals surface area contributed by atoms with Crippen LogP contribution in [0.3, 0.4) is 0 Å². The molecule has 0 saturated heterocycles. The van der Waals surface area contributed by atoms with E-state index in [4.69, 9.17) is 4.42 Å². The van der Waals surface area contributed by atoms with E-state index in [-0.39, 0.29) is 48.0 Å². The molecule has 1 heterocycles. The Labute approximate surface area is 177 Å². The second-order valence-corrected chi connectivity index (χ2v) is 8.41. The number of rotatable bonds is 7. The molecular weight excluding hydrogens is 514 g/mol. The Morgan fingerprint density at radius 1 is 1.04 bits per heavy atom. The molecule has 0 aromatic carbocycles. The number of furan rings is 1. The van der Waals surface area contributed by atoms with E-state index in [1.807, 2.05) is 6.07 Å². The van der Waals surface area contributed by atoms with Gasteiger partial charge in [-0.15, -0.1) is 0 Å². The largest absolute Gasteiger partial charge is 1.00 e. The quantitative estimate of drug-likeness (QED) is 0.265. The van der Waals surface area contributed by atoms with Gasteiger partial charge in [-0.2, -0.15) is 0 Å². The topological polar surface area (TPSA) is 13.1 Å². The first-order valence-electron chi connectivity index (χ1n) is 8.43. The van der Waals surface area contributed by atoms with E-state index in [0.29, 0.717) is 0 Å². The Morgan fingerprint density at radius 3 is 2.30 bits per heavy atom. The van der Waals surface area contributed by atoms with E-state index in [9.17, 15) is 0 Å². The van der Waals surface area contributed by atoms with Crippen molar-refractivity contribution in [3.05, 3.63) is 24.2 Å². The number of hydrogen-bond donors (Lipinski definition) is 0. The highest BCUT2D eigenvalue weighted by Gasteiger charge is 2.39. The predicted octanol–water partition coefficient (Wildman–Crippen LogP) is -2.83. The molecule has 0 aliphatic heterocycles. The van der Waals surface area contributed by atoms with Gasteiger partial charge in [0.15, 0.2) is 0 Å². The zero-order valence-corrected chi connectivity index (χ0v) is 19.7. The summed E-state index contributed by atoms with van der Waals surface area (Å²) in [5, 5.41) is 0. The van der Waals surface area contributed by atoms with Crippen LogP contribution in [0.4, 0.5) is 0 Å². The van der Waals surface area contributed by atoms with E-state index in [1.54, 1.807) is 6.26 Å². The fourth-order valence-corrected chi connectivity index (χ4v) is 3.98. The van der Waals surface area contributed by atoms with Gasteiger partial charge in [-0.3, -0.25) is 0 Å². The van der Waals surface area contributed by atoms with E-state index in [1.165, 1.54) is 49.0 Å². The zero-order valence-electron chi connectivity index (χ0n) is 15.4. The third-order valence-corrected chi connectivity index (χ3v) is 5.12. The van der Waals surface area contributed by atoms with Crippen molar-refractivity contribution in [2.24, 2.45) is 5.92 Å². The minimum absolute atomic E-state index is 0. The zero-order chi connectivity index (χ0) is 15.5. The molecule has 0 radical (unpaired) electrons. The van der Waals surface area contributed by atoms with Gasteiger partial charge in [0.05, 0.1) is 60.6 Å². The first-order valence-corrected chi connectivity index (χ1v) is 8.43. The van der Waals surface area contributed by atoms with Crippen LogP contribution in [0.25, 0.3) is 0 Å². The molecule has 1 saturated carbocycles. The minimum Gasteiger partial charge on any atom is -1.00 e. The van der Waals surface area contributed by atoms with Crippen LogP contribution in [0.5, 0.6) is 0 Å². The van der Waals surface area contributed by atoms with Gasteiger partial charge in [0.1, 0.15) is 5.76 Å². The lowest BCUT2D eigenvalue weighted by Gasteiger charge is -2.40. The van der Waals surface area contributed by atoms with Gasteiger partial charge in [0.2, 0.25) is 0 Å². The van der Waals surface area contributed by atoms with Crippen LogP contribution in [0.15, 0.2) is 22.8 Å². The smallest absolute Gasteiger partial charge is 0.104 e. The molecule has 0 spiro atoms. The molecule has 3 nitrogen and oxygen atoms in total. The maximum Gasteiger partial charge on any atom is 0.104 e. The minimum atomic E-state index is 0. The molecule has 0 amide bonds. The fraction of sp³-hybridized carbons (Fsp3) is 0.778. The molecule has 1 aromatic rings. The summed E-state index contributed by atoms with van der Waals surface area (Å²) < 4.78 is 7.81. The Kier molecular flexibility index (Phi) is 10.3. The lowest BCUT2D eigenvalue weighted by atomic mass is 9.95. The van der Waals surface area contributed by atoms with Crippen molar-refractivity contribution in [3.63, 3.8) is 0 Å². The molecule has 1 aliphatic carbocycles. The SMILES string of the molecule is C[N+](C)(C)CCC[N+](C)(C)C1CCCC1Cc1ccco1.[I-].[I-]. The fourth-order valence-electron chi connectivity index (χ4n) is 3.98. The summed E-state index contributed by atoms with van der Waals surface area (Å²) in [5.74, 6) is 1.95. The van der Waals surface area contributed by atoms with E-state index >= 15 is 0 Å². The molecule has 0 bridgehead atoms. The highest BCUT2D eigenvalue weighted by Crippen LogP contribution is 2.35. The summed E-state index contributed by atoms with van der Waals surface area (Å²) in [4.78, 5) is 0. The Balaban J connectivity index is 0.00000242. The van der Waals surface area contributed by atoms with Crippen LogP contribution < -0.4 is 48.0 Å². The Hall–Kier alpha value is 0.660. The molecule has 1 aliphatic rings. The van der Waals surface area contributed by atoms with Crippen molar-refractivity contribution in [2.75, 3.05) is 48.3 Å². The van der Waals surface area contributed by atoms with Crippen molar-refractivity contribution in [2.45, 2.75) is 38.1 Å². The van der Waals surface area contributed by atoms with Gasteiger partial charge in [-0.1, -0.05) is 0 Å². The van der Waals surface area contributed by atoms with E-state index < -0.39 is 0 Å². The normalized spacial score (nSPS) is 21.6. The van der Waals surface area contributed by atoms with Crippen molar-refractivity contribution < 1.29 is 61.3 Å². The van der Waals surface area contributed by atoms with Gasteiger partial charge >= 0.3 is 0 Å². The first-order chi connectivity index (χ1) is 9.78. The number of hydrogen-bond acceptors (Lipinski definition) is 1. The van der Waals surface area contributed by atoms with Crippen LogP contribution >= 0.6 is 0 Å². The van der Waals surface area contributed by atoms with Gasteiger partial charge < -0.3 is 61.3 Å². The molecule has 5 heteroatoms. The molecule has 2 atom stereocenters. The van der Waals surface area contributed by atoms with Crippen molar-refractivity contribution in [3.8, 4) is 0 Å². The van der Waals surface area contributed by atoms with E-state index in [2.05, 4.69) is 41.3 Å². The second-order valence-electron chi connectivity index (χ2n) is 8.41. The summed E-state index contributed by atoms with van der Waals surface area (Å²) in [7, 11) is 11.7. The highest BCUT2D eigenvalue weighted by molar-refractivity contribution is 5.01. The maximum absolute atomic E-state index is 5.57. The highest BCUT2D eigenvalue weighted by atomic mass is 127. The van der Waals surface area contributed by atoms with Crippen molar-refractivity contribution in [1.82, 2.24) is 0 Å². The van der Waals surface area contributed by atoms with Crippen LogP contribution in [0.1, 0.15) is 31.4 Å². The molecule has 0 N–H and O–H groups in total. The summed E-state index contributed by atoms with van der Waals surface area (Å²) >= 11 is 0. The van der Waals surface area contributed by atoms with Crippen LogP contribution in [-0.2, 0) is 6.42 Å². The average molecular weight is 548 g/mol. The van der Waals surface area contributed by atoms with Gasteiger partial charge in [0.25, 0.3) is 0 Å². The summed E-state index contributed by atoms with van der Waals surface area (Å²) in [5.41, 5.74) is 0. The first kappa shape index (κ1) is 23.7. The van der Waals surface area contributed by atoms with Crippen molar-refractivity contribution in [1.29, 1.82) is 0 Å². The number of quaternary nitrogens is 2. The van der Waals surface area contributed by atoms with Crippen LogP contribution in [-0.4, -0.2) is 63.3 Å². The molecule has 1 fully saturated rings. The number of halogens is 2. The van der Waals surface area contributed by atoms with E-state index in [0.717, 1.165) is 22.9 Å². The van der Waals surface area contributed by atoms with Gasteiger partial charge in [-0.05, 0) is 31.4 Å². The Bertz CT molecular complexity index is 427. The molecule has 2 rings (SSSR count). The standard InChI is InChI=1S/C18H34N2O.2HI/c1-19(2,3)12-8-13-20(4,5)18-11-6-9-16(18)15-17-10-7-14-21-17;;/h7,10,14,16,18H,6,8-9,11-13,15H2,1-5H3;2*1H/q+2;;/p-2. The number of nitrogens with zero attached hydrogens (tertiary/aromatic N) is 2. The third kappa shape index (κ3) is 7.61. The van der Waals surface area contributed by atoms with Crippen LogP contribution in [0, 0.1) is 5.92 Å². The molecule has 2 unspecified atom stereocenters. The second kappa shape index (κ2) is 9.97. The molecule has 23 heavy (non-hydrogen) atoms. The summed E-state index contributed by atoms with van der Waals surface area (Å²) in [6.45, 7) is 2.55. The average Bonchev–Trinajstić information content (AvgIpc) is 2.98. The molecule has 136 valence electrons. The van der Waals surface area contributed by atoms with Crippen LogP contribution in [0.2, 0.25) is 0 Å². The lowest BCUT2D eigenvalue weighted by Crippen LogP contribution is -3.00. The Morgan fingerprint density at radius 2 is 1.74 bits per heavy atom.